The molecule has 2 aromatic heterocycles. The molecular formula is C25H26F3N5O2S. The van der Waals surface area contributed by atoms with Crippen LogP contribution in [0.25, 0.3) is 11.0 Å². The average molecular weight is 518 g/mol. The zero-order valence-corrected chi connectivity index (χ0v) is 21.0. The maximum absolute atomic E-state index is 13.1. The van der Waals surface area contributed by atoms with Gasteiger partial charge in [0.1, 0.15) is 16.2 Å². The number of rotatable bonds is 5. The zero-order chi connectivity index (χ0) is 26.4. The first-order valence-corrected chi connectivity index (χ1v) is 11.6. The van der Waals surface area contributed by atoms with Gasteiger partial charge in [-0.25, -0.2) is 9.48 Å². The van der Waals surface area contributed by atoms with E-state index in [9.17, 15) is 23.1 Å². The number of fused-ring (bicyclic) bond motifs is 1. The lowest BCUT2D eigenvalue weighted by atomic mass is 9.97. The maximum Gasteiger partial charge on any atom is 0.416 e. The second kappa shape index (κ2) is 9.12. The van der Waals surface area contributed by atoms with Gasteiger partial charge in [-0.1, -0.05) is 45.1 Å². The van der Waals surface area contributed by atoms with E-state index in [1.54, 1.807) is 28.4 Å². The summed E-state index contributed by atoms with van der Waals surface area (Å²) in [4.78, 5) is 13.1. The molecule has 2 heterocycles. The molecular weight excluding hydrogens is 491 g/mol. The highest BCUT2D eigenvalue weighted by molar-refractivity contribution is 7.71. The van der Waals surface area contributed by atoms with Crippen molar-refractivity contribution in [2.45, 2.75) is 40.0 Å². The number of phenols is 1. The lowest BCUT2D eigenvalue weighted by molar-refractivity contribution is -0.137. The Kier molecular flexibility index (Phi) is 6.46. The molecule has 4 rings (SSSR count). The van der Waals surface area contributed by atoms with Gasteiger partial charge in [0.25, 0.3) is 0 Å². The smallest absolute Gasteiger partial charge is 0.416 e. The van der Waals surface area contributed by atoms with Crippen LogP contribution in [0.5, 0.6) is 5.75 Å². The third kappa shape index (κ3) is 5.15. The summed E-state index contributed by atoms with van der Waals surface area (Å²) in [6.45, 7) is 6.52. The molecule has 11 heteroatoms. The second-order valence-electron chi connectivity index (χ2n) is 9.86. The quantitative estimate of drug-likeness (QED) is 0.257. The van der Waals surface area contributed by atoms with Crippen molar-refractivity contribution in [3.63, 3.8) is 0 Å². The molecule has 2 aromatic carbocycles. The van der Waals surface area contributed by atoms with Crippen LogP contribution >= 0.6 is 12.2 Å². The number of hydrogen-bond acceptors (Lipinski definition) is 5. The fourth-order valence-electron chi connectivity index (χ4n) is 3.87. The summed E-state index contributed by atoms with van der Waals surface area (Å²) in [5, 5.41) is 18.2. The summed E-state index contributed by atoms with van der Waals surface area (Å²) in [5.41, 5.74) is 0.315. The Morgan fingerprint density at radius 3 is 2.19 bits per heavy atom. The number of benzene rings is 2. The Morgan fingerprint density at radius 1 is 1.03 bits per heavy atom. The molecule has 0 amide bonds. The van der Waals surface area contributed by atoms with Crippen molar-refractivity contribution < 1.29 is 18.3 Å². The summed E-state index contributed by atoms with van der Waals surface area (Å²) < 4.78 is 43.9. The van der Waals surface area contributed by atoms with E-state index < -0.39 is 11.7 Å². The van der Waals surface area contributed by atoms with Gasteiger partial charge in [-0.15, -0.1) is 0 Å². The van der Waals surface area contributed by atoms with Gasteiger partial charge >= 0.3 is 11.9 Å². The molecule has 0 aliphatic rings. The van der Waals surface area contributed by atoms with Crippen LogP contribution in [0.3, 0.4) is 0 Å². The van der Waals surface area contributed by atoms with Gasteiger partial charge in [0.15, 0.2) is 5.65 Å². The molecule has 0 spiro atoms. The van der Waals surface area contributed by atoms with Crippen LogP contribution in [0, 0.1) is 10.1 Å². The Balaban J connectivity index is 1.92. The molecule has 0 unspecified atom stereocenters. The number of aromatic nitrogens is 4. The molecule has 0 aliphatic carbocycles. The third-order valence-corrected chi connectivity index (χ3v) is 6.08. The van der Waals surface area contributed by atoms with Crippen LogP contribution in [0.1, 0.15) is 31.9 Å². The molecule has 0 saturated carbocycles. The first-order valence-electron chi connectivity index (χ1n) is 11.2. The zero-order valence-electron chi connectivity index (χ0n) is 20.2. The molecule has 0 fully saturated rings. The first-order chi connectivity index (χ1) is 16.7. The third-order valence-electron chi connectivity index (χ3n) is 5.60. The standard InChI is InChI=1S/C25H26F3N5O2S/c1-24(2,3)14-32-21-19(22(36)31(4)23(32)35)20(29-17-9-11-18(34)12-10-17)33(30-21)13-15-5-7-16(8-6-15)25(26,27)28/h5-12,29,34H,13-14H2,1-4H3. The van der Waals surface area contributed by atoms with E-state index >= 15 is 0 Å². The minimum Gasteiger partial charge on any atom is -0.508 e. The van der Waals surface area contributed by atoms with Crippen LogP contribution in [-0.4, -0.2) is 24.0 Å². The molecule has 0 aliphatic heterocycles. The van der Waals surface area contributed by atoms with Gasteiger partial charge in [-0.2, -0.15) is 18.3 Å². The largest absolute Gasteiger partial charge is 0.508 e. The van der Waals surface area contributed by atoms with Crippen LogP contribution in [0.2, 0.25) is 0 Å². The lowest BCUT2D eigenvalue weighted by Gasteiger charge is -2.20. The van der Waals surface area contributed by atoms with E-state index in [-0.39, 0.29) is 28.0 Å². The van der Waals surface area contributed by atoms with Gasteiger partial charge in [-0.3, -0.25) is 9.13 Å². The van der Waals surface area contributed by atoms with Crippen molar-refractivity contribution >= 4 is 34.8 Å². The van der Waals surface area contributed by atoms with E-state index in [4.69, 9.17) is 17.3 Å². The van der Waals surface area contributed by atoms with Crippen molar-refractivity contribution in [2.75, 3.05) is 5.32 Å². The molecule has 0 radical (unpaired) electrons. The minimum atomic E-state index is -4.43. The first kappa shape index (κ1) is 25.5. The Labute approximate surface area is 210 Å². The number of nitrogens with zero attached hydrogens (tertiary/aromatic N) is 4. The number of halogens is 3. The van der Waals surface area contributed by atoms with E-state index in [0.29, 0.717) is 34.6 Å². The van der Waals surface area contributed by atoms with Crippen LogP contribution in [0.4, 0.5) is 24.7 Å². The molecule has 2 N–H and O–H groups in total. The summed E-state index contributed by atoms with van der Waals surface area (Å²) in [5.74, 6) is 0.580. The van der Waals surface area contributed by atoms with Gasteiger partial charge < -0.3 is 10.4 Å². The topological polar surface area (TPSA) is 77.0 Å². The summed E-state index contributed by atoms with van der Waals surface area (Å²) >= 11 is 5.64. The molecule has 7 nitrogen and oxygen atoms in total. The van der Waals surface area contributed by atoms with Crippen molar-refractivity contribution in [3.05, 3.63) is 74.8 Å². The van der Waals surface area contributed by atoms with Gasteiger partial charge in [0.2, 0.25) is 0 Å². The van der Waals surface area contributed by atoms with E-state index in [1.165, 1.54) is 28.8 Å². The summed E-state index contributed by atoms with van der Waals surface area (Å²) in [7, 11) is 1.60. The summed E-state index contributed by atoms with van der Waals surface area (Å²) in [6.07, 6.45) is -4.43. The normalized spacial score (nSPS) is 12.3. The van der Waals surface area contributed by atoms with Crippen LogP contribution < -0.4 is 11.0 Å². The summed E-state index contributed by atoms with van der Waals surface area (Å²) in [6, 6.07) is 11.2. The number of alkyl halides is 3. The van der Waals surface area contributed by atoms with Crippen molar-refractivity contribution in [1.29, 1.82) is 0 Å². The second-order valence-corrected chi connectivity index (χ2v) is 10.3. The fraction of sp³-hybridized carbons (Fsp3) is 0.320. The number of phenolic OH excluding ortho intramolecular Hbond substituents is 1. The van der Waals surface area contributed by atoms with Gasteiger partial charge in [0, 0.05) is 19.3 Å². The van der Waals surface area contributed by atoms with E-state index in [1.807, 2.05) is 20.8 Å². The van der Waals surface area contributed by atoms with Crippen LogP contribution in [0.15, 0.2) is 53.3 Å². The van der Waals surface area contributed by atoms with E-state index in [0.717, 1.165) is 12.1 Å². The average Bonchev–Trinajstić information content (AvgIpc) is 3.13. The fourth-order valence-corrected chi connectivity index (χ4v) is 4.14. The molecule has 0 bridgehead atoms. The molecule has 4 aromatic rings. The Morgan fingerprint density at radius 2 is 1.64 bits per heavy atom. The van der Waals surface area contributed by atoms with E-state index in [2.05, 4.69) is 5.32 Å². The van der Waals surface area contributed by atoms with Gasteiger partial charge in [0.05, 0.1) is 17.5 Å². The Bertz CT molecular complexity index is 1530. The minimum absolute atomic E-state index is 0.0954. The highest BCUT2D eigenvalue weighted by Gasteiger charge is 2.30. The molecule has 0 atom stereocenters. The van der Waals surface area contributed by atoms with Crippen molar-refractivity contribution in [2.24, 2.45) is 12.5 Å². The SMILES string of the molecule is Cn1c(=S)c2c(Nc3ccc(O)cc3)n(Cc3ccc(C(F)(F)F)cc3)nc2n(CC(C)(C)C)c1=O. The number of aromatic hydroxyl groups is 1. The number of nitrogens with one attached hydrogen (secondary N) is 1. The predicted octanol–water partition coefficient (Wildman–Crippen LogP) is 5.83. The number of hydrogen-bond donors (Lipinski definition) is 2. The highest BCUT2D eigenvalue weighted by Crippen LogP contribution is 2.31. The van der Waals surface area contributed by atoms with Crippen molar-refractivity contribution in [3.8, 4) is 5.75 Å². The Hall–Kier alpha value is -3.60. The molecule has 190 valence electrons. The predicted molar refractivity (Wildman–Crippen MR) is 135 cm³/mol. The van der Waals surface area contributed by atoms with Crippen LogP contribution in [-0.2, 0) is 26.3 Å². The molecule has 0 saturated heterocycles. The van der Waals surface area contributed by atoms with Crippen molar-refractivity contribution in [1.82, 2.24) is 18.9 Å². The lowest BCUT2D eigenvalue weighted by Crippen LogP contribution is -2.33. The maximum atomic E-state index is 13.1. The monoisotopic (exact) mass is 517 g/mol. The van der Waals surface area contributed by atoms with Gasteiger partial charge in [-0.05, 0) is 47.4 Å². The number of anilines is 2. The molecule has 36 heavy (non-hydrogen) atoms. The highest BCUT2D eigenvalue weighted by atomic mass is 32.1.